The Morgan fingerprint density at radius 2 is 1.74 bits per heavy atom. The average Bonchev–Trinajstić information content (AvgIpc) is 3.35. The zero-order chi connectivity index (χ0) is 30.6. The molecule has 1 atom stereocenters. The highest BCUT2D eigenvalue weighted by molar-refractivity contribution is 7.98. The molecule has 0 saturated carbocycles. The van der Waals surface area contributed by atoms with Crippen molar-refractivity contribution in [3.05, 3.63) is 64.2 Å². The maximum absolute atomic E-state index is 13.1. The van der Waals surface area contributed by atoms with Gasteiger partial charge in [-0.05, 0) is 49.7 Å². The Labute approximate surface area is 251 Å². The van der Waals surface area contributed by atoms with Gasteiger partial charge in [-0.2, -0.15) is 13.2 Å². The van der Waals surface area contributed by atoms with Crippen LogP contribution in [0.4, 0.5) is 13.2 Å². The van der Waals surface area contributed by atoms with Crippen LogP contribution in [0.25, 0.3) is 10.6 Å². The molecule has 1 aromatic heterocycles. The van der Waals surface area contributed by atoms with E-state index in [0.717, 1.165) is 33.2 Å². The van der Waals surface area contributed by atoms with Crippen molar-refractivity contribution in [3.8, 4) is 16.3 Å². The zero-order valence-corrected chi connectivity index (χ0v) is 25.5. The second-order valence-corrected chi connectivity index (χ2v) is 12.7. The minimum absolute atomic E-state index is 0.0464. The fourth-order valence-electron chi connectivity index (χ4n) is 4.48. The Bertz CT molecular complexity index is 1400. The van der Waals surface area contributed by atoms with E-state index >= 15 is 0 Å². The monoisotopic (exact) mass is 621 g/mol. The molecule has 226 valence electrons. The van der Waals surface area contributed by atoms with Gasteiger partial charge in [0.1, 0.15) is 10.8 Å². The van der Waals surface area contributed by atoms with Crippen LogP contribution in [0, 0.1) is 12.8 Å². The molecule has 1 aliphatic rings. The van der Waals surface area contributed by atoms with Crippen LogP contribution in [0.2, 0.25) is 0 Å². The molecule has 1 aliphatic heterocycles. The number of aromatic nitrogens is 1. The molecule has 0 aliphatic carbocycles. The maximum Gasteiger partial charge on any atom is 0.416 e. The van der Waals surface area contributed by atoms with E-state index in [1.54, 1.807) is 17.8 Å². The molecule has 0 bridgehead atoms. The Kier molecular flexibility index (Phi) is 10.2. The Balaban J connectivity index is 1.52. The summed E-state index contributed by atoms with van der Waals surface area (Å²) in [5.74, 6) is 0.170. The first-order valence-electron chi connectivity index (χ1n) is 13.6. The lowest BCUT2D eigenvalue weighted by molar-refractivity contribution is -0.144. The average molecular weight is 622 g/mol. The maximum atomic E-state index is 13.1. The van der Waals surface area contributed by atoms with Crippen LogP contribution < -0.4 is 4.74 Å². The largest absolute Gasteiger partial charge is 0.479 e. The first-order valence-corrected chi connectivity index (χ1v) is 15.4. The molecule has 2 heterocycles. The summed E-state index contributed by atoms with van der Waals surface area (Å²) in [4.78, 5) is 34.6. The predicted octanol–water partition coefficient (Wildman–Crippen LogP) is 6.58. The molecule has 7 nitrogen and oxygen atoms in total. The van der Waals surface area contributed by atoms with Gasteiger partial charge in [0.15, 0.2) is 6.10 Å². The lowest BCUT2D eigenvalue weighted by Gasteiger charge is -2.35. The molecule has 1 saturated heterocycles. The van der Waals surface area contributed by atoms with Gasteiger partial charge in [0.25, 0.3) is 0 Å². The summed E-state index contributed by atoms with van der Waals surface area (Å²) in [6.45, 7) is 10.4. The molecule has 4 rings (SSSR count). The van der Waals surface area contributed by atoms with Crippen LogP contribution in [-0.2, 0) is 28.1 Å². The fourth-order valence-corrected chi connectivity index (χ4v) is 6.65. The Morgan fingerprint density at radius 3 is 2.31 bits per heavy atom. The predicted molar refractivity (Wildman–Crippen MR) is 158 cm³/mol. The summed E-state index contributed by atoms with van der Waals surface area (Å²) in [6, 6.07) is 10.6. The number of rotatable bonds is 10. The molecular weight excluding hydrogens is 587 g/mol. The molecule has 1 fully saturated rings. The van der Waals surface area contributed by atoms with E-state index in [1.165, 1.54) is 30.4 Å². The van der Waals surface area contributed by atoms with Crippen LogP contribution in [0.1, 0.15) is 42.5 Å². The number of thioether (sulfide) groups is 1. The number of aliphatic carboxylic acids is 1. The van der Waals surface area contributed by atoms with Crippen molar-refractivity contribution in [2.75, 3.05) is 26.2 Å². The number of carboxylic acid groups (broad SMARTS) is 1. The second kappa shape index (κ2) is 13.5. The lowest BCUT2D eigenvalue weighted by atomic mass is 10.1. The highest BCUT2D eigenvalue weighted by atomic mass is 32.2. The third-order valence-electron chi connectivity index (χ3n) is 6.96. The van der Waals surface area contributed by atoms with E-state index in [0.29, 0.717) is 54.8 Å². The SMILES string of the molecule is Cc1cc(SCc2sc(-c3ccc(C(F)(F)F)cc3)nc2CN2CCN(C(=O)C(C)C)CC2)ccc1OC(C)C(=O)O. The fraction of sp³-hybridized carbons (Fsp3) is 0.433. The van der Waals surface area contributed by atoms with Crippen molar-refractivity contribution in [2.45, 2.75) is 57.2 Å². The van der Waals surface area contributed by atoms with E-state index in [9.17, 15) is 22.8 Å². The number of carboxylic acids is 1. The zero-order valence-electron chi connectivity index (χ0n) is 23.9. The van der Waals surface area contributed by atoms with Gasteiger partial charge in [0, 0.05) is 59.7 Å². The van der Waals surface area contributed by atoms with Gasteiger partial charge in [0.05, 0.1) is 11.3 Å². The molecular formula is C30H34F3N3O4S2. The molecule has 2 aromatic carbocycles. The van der Waals surface area contributed by atoms with Gasteiger partial charge in [-0.25, -0.2) is 9.78 Å². The number of ether oxygens (including phenoxy) is 1. The van der Waals surface area contributed by atoms with Crippen molar-refractivity contribution < 1.29 is 32.6 Å². The molecule has 1 N–H and O–H groups in total. The molecule has 1 amide bonds. The van der Waals surface area contributed by atoms with Crippen LogP contribution in [0.5, 0.6) is 5.75 Å². The van der Waals surface area contributed by atoms with Crippen molar-refractivity contribution in [3.63, 3.8) is 0 Å². The first-order chi connectivity index (χ1) is 19.8. The highest BCUT2D eigenvalue weighted by Crippen LogP contribution is 2.36. The Hall–Kier alpha value is -3.09. The van der Waals surface area contributed by atoms with Crippen molar-refractivity contribution in [1.29, 1.82) is 0 Å². The number of benzene rings is 2. The van der Waals surface area contributed by atoms with Gasteiger partial charge in [-0.3, -0.25) is 9.69 Å². The third kappa shape index (κ3) is 8.05. The number of alkyl halides is 3. The molecule has 3 aromatic rings. The number of piperazine rings is 1. The number of carbonyl (C=O) groups excluding carboxylic acids is 1. The number of aryl methyl sites for hydroxylation is 1. The lowest BCUT2D eigenvalue weighted by Crippen LogP contribution is -2.49. The van der Waals surface area contributed by atoms with E-state index in [4.69, 9.17) is 14.8 Å². The standard InChI is InChI=1S/C30H34F3N3O4S2/c1-18(2)28(37)36-13-11-35(12-14-36)16-24-26(42-27(34-24)21-5-7-22(8-6-21)30(31,32)33)17-41-23-9-10-25(19(3)15-23)40-20(4)29(38)39/h5-10,15,18,20H,11-14,16-17H2,1-4H3,(H,38,39). The number of carbonyl (C=O) groups is 2. The minimum atomic E-state index is -4.40. The van der Waals surface area contributed by atoms with Gasteiger partial charge >= 0.3 is 12.1 Å². The minimum Gasteiger partial charge on any atom is -0.479 e. The van der Waals surface area contributed by atoms with E-state index in [2.05, 4.69) is 4.90 Å². The normalized spacial score (nSPS) is 15.2. The van der Waals surface area contributed by atoms with Crippen molar-refractivity contribution >= 4 is 35.0 Å². The summed E-state index contributed by atoms with van der Waals surface area (Å²) in [5, 5.41) is 9.79. The number of amides is 1. The summed E-state index contributed by atoms with van der Waals surface area (Å²) >= 11 is 3.07. The van der Waals surface area contributed by atoms with Crippen molar-refractivity contribution in [2.24, 2.45) is 5.92 Å². The second-order valence-electron chi connectivity index (χ2n) is 10.5. The van der Waals surface area contributed by atoms with Crippen LogP contribution >= 0.6 is 23.1 Å². The summed E-state index contributed by atoms with van der Waals surface area (Å²) < 4.78 is 44.8. The van der Waals surface area contributed by atoms with Gasteiger partial charge < -0.3 is 14.7 Å². The first kappa shape index (κ1) is 31.8. The van der Waals surface area contributed by atoms with Crippen LogP contribution in [-0.4, -0.2) is 64.0 Å². The summed E-state index contributed by atoms with van der Waals surface area (Å²) in [7, 11) is 0. The number of halogens is 3. The van der Waals surface area contributed by atoms with Crippen molar-refractivity contribution in [1.82, 2.24) is 14.8 Å². The van der Waals surface area contributed by atoms with E-state index in [1.807, 2.05) is 37.8 Å². The van der Waals surface area contributed by atoms with Gasteiger partial charge in [-0.1, -0.05) is 26.0 Å². The Morgan fingerprint density at radius 1 is 1.07 bits per heavy atom. The summed E-state index contributed by atoms with van der Waals surface area (Å²) in [5.41, 5.74) is 1.62. The van der Waals surface area contributed by atoms with Crippen LogP contribution in [0.3, 0.4) is 0 Å². The van der Waals surface area contributed by atoms with Crippen LogP contribution in [0.15, 0.2) is 47.4 Å². The quantitative estimate of drug-likeness (QED) is 0.256. The third-order valence-corrected chi connectivity index (χ3v) is 9.31. The molecule has 12 heteroatoms. The molecule has 1 unspecified atom stereocenters. The van der Waals surface area contributed by atoms with E-state index < -0.39 is 23.8 Å². The highest BCUT2D eigenvalue weighted by Gasteiger charge is 2.30. The number of nitrogens with zero attached hydrogens (tertiary/aromatic N) is 3. The summed E-state index contributed by atoms with van der Waals surface area (Å²) in [6.07, 6.45) is -5.37. The number of hydrogen-bond donors (Lipinski definition) is 1. The number of thiazole rings is 1. The van der Waals surface area contributed by atoms with Gasteiger partial charge in [-0.15, -0.1) is 23.1 Å². The number of hydrogen-bond acceptors (Lipinski definition) is 7. The van der Waals surface area contributed by atoms with E-state index in [-0.39, 0.29) is 11.8 Å². The molecule has 42 heavy (non-hydrogen) atoms. The molecule has 0 spiro atoms. The smallest absolute Gasteiger partial charge is 0.416 e. The molecule has 0 radical (unpaired) electrons. The van der Waals surface area contributed by atoms with Gasteiger partial charge in [0.2, 0.25) is 5.91 Å². The topological polar surface area (TPSA) is 83.0 Å².